The third-order valence-electron chi connectivity index (χ3n) is 3.52. The zero-order chi connectivity index (χ0) is 16.2. The van der Waals surface area contributed by atoms with E-state index in [9.17, 15) is 19.5 Å². The zero-order valence-electron chi connectivity index (χ0n) is 11.8. The largest absolute Gasteiger partial charge is 0.480 e. The molecule has 0 saturated carbocycles. The molecule has 1 aliphatic rings. The van der Waals surface area contributed by atoms with Crippen LogP contribution in [-0.4, -0.2) is 40.1 Å². The lowest BCUT2D eigenvalue weighted by molar-refractivity contribution is -0.144. The molecular weight excluding hydrogens is 306 g/mol. The first kappa shape index (κ1) is 16.2. The van der Waals surface area contributed by atoms with Gasteiger partial charge in [-0.1, -0.05) is 0 Å². The van der Waals surface area contributed by atoms with Crippen LogP contribution in [-0.2, 0) is 4.79 Å². The maximum absolute atomic E-state index is 12.3. The van der Waals surface area contributed by atoms with Crippen LogP contribution in [0.4, 0.5) is 10.5 Å². The molecule has 1 saturated heterocycles. The number of hydrogen-bond donors (Lipinski definition) is 4. The number of nitrogens with one attached hydrogen (secondary N) is 2. The number of benzene rings is 1. The summed E-state index contributed by atoms with van der Waals surface area (Å²) < 4.78 is 0. The summed E-state index contributed by atoms with van der Waals surface area (Å²) in [5, 5.41) is 14.5. The van der Waals surface area contributed by atoms with E-state index >= 15 is 0 Å². The van der Waals surface area contributed by atoms with Crippen molar-refractivity contribution in [2.24, 2.45) is 5.73 Å². The molecule has 0 aliphatic carbocycles. The number of hydrogen-bond acceptors (Lipinski definition) is 4. The molecule has 22 heavy (non-hydrogen) atoms. The SMILES string of the molecule is NC(=O)Nc1ccc(C(=O)NC2(C(=O)O)CCSCC2)cc1. The highest BCUT2D eigenvalue weighted by molar-refractivity contribution is 7.99. The molecule has 118 valence electrons. The number of carbonyl (C=O) groups is 3. The number of carboxylic acids is 1. The summed E-state index contributed by atoms with van der Waals surface area (Å²) in [5.41, 5.74) is 4.59. The van der Waals surface area contributed by atoms with Crippen molar-refractivity contribution in [3.63, 3.8) is 0 Å². The third kappa shape index (κ3) is 3.70. The molecule has 8 heteroatoms. The molecule has 1 fully saturated rings. The van der Waals surface area contributed by atoms with Gasteiger partial charge in [0, 0.05) is 11.3 Å². The molecule has 5 N–H and O–H groups in total. The summed E-state index contributed by atoms with van der Waals surface area (Å²) in [5.74, 6) is -0.0460. The Morgan fingerprint density at radius 2 is 1.73 bits per heavy atom. The smallest absolute Gasteiger partial charge is 0.329 e. The lowest BCUT2D eigenvalue weighted by Crippen LogP contribution is -2.56. The van der Waals surface area contributed by atoms with E-state index in [1.165, 1.54) is 24.3 Å². The number of carboxylic acid groups (broad SMARTS) is 1. The molecule has 1 heterocycles. The number of rotatable bonds is 4. The Hall–Kier alpha value is -2.22. The Labute approximate surface area is 131 Å². The van der Waals surface area contributed by atoms with Crippen LogP contribution in [0.3, 0.4) is 0 Å². The lowest BCUT2D eigenvalue weighted by Gasteiger charge is -2.33. The van der Waals surface area contributed by atoms with Gasteiger partial charge < -0.3 is 21.5 Å². The molecule has 2 rings (SSSR count). The van der Waals surface area contributed by atoms with Gasteiger partial charge >= 0.3 is 12.0 Å². The van der Waals surface area contributed by atoms with E-state index in [1.54, 1.807) is 11.8 Å². The van der Waals surface area contributed by atoms with Gasteiger partial charge in [-0.05, 0) is 48.6 Å². The molecule has 0 atom stereocenters. The number of primary amides is 1. The van der Waals surface area contributed by atoms with Crippen LogP contribution in [0.5, 0.6) is 0 Å². The molecule has 0 spiro atoms. The van der Waals surface area contributed by atoms with Gasteiger partial charge in [0.25, 0.3) is 5.91 Å². The molecule has 0 unspecified atom stereocenters. The van der Waals surface area contributed by atoms with Crippen molar-refractivity contribution in [2.45, 2.75) is 18.4 Å². The molecule has 1 aromatic carbocycles. The number of nitrogens with two attached hydrogens (primary N) is 1. The Morgan fingerprint density at radius 3 is 2.23 bits per heavy atom. The van der Waals surface area contributed by atoms with Crippen molar-refractivity contribution < 1.29 is 19.5 Å². The fourth-order valence-corrected chi connectivity index (χ4v) is 3.44. The summed E-state index contributed by atoms with van der Waals surface area (Å²) in [6, 6.07) is 5.39. The van der Waals surface area contributed by atoms with Crippen molar-refractivity contribution in [2.75, 3.05) is 16.8 Å². The van der Waals surface area contributed by atoms with Crippen LogP contribution in [0.25, 0.3) is 0 Å². The van der Waals surface area contributed by atoms with Crippen LogP contribution < -0.4 is 16.4 Å². The summed E-state index contributed by atoms with van der Waals surface area (Å²) in [4.78, 5) is 34.5. The van der Waals surface area contributed by atoms with E-state index in [2.05, 4.69) is 10.6 Å². The summed E-state index contributed by atoms with van der Waals surface area (Å²) >= 11 is 1.68. The van der Waals surface area contributed by atoms with Crippen molar-refractivity contribution in [3.05, 3.63) is 29.8 Å². The third-order valence-corrected chi connectivity index (χ3v) is 4.51. The lowest BCUT2D eigenvalue weighted by atomic mass is 9.92. The Balaban J connectivity index is 2.10. The Kier molecular flexibility index (Phi) is 4.92. The second kappa shape index (κ2) is 6.69. The van der Waals surface area contributed by atoms with Crippen LogP contribution in [0.1, 0.15) is 23.2 Å². The van der Waals surface area contributed by atoms with Crippen molar-refractivity contribution in [1.82, 2.24) is 5.32 Å². The first-order valence-electron chi connectivity index (χ1n) is 6.73. The second-order valence-corrected chi connectivity index (χ2v) is 6.25. The minimum absolute atomic E-state index is 0.328. The van der Waals surface area contributed by atoms with E-state index in [1.807, 2.05) is 0 Å². The fraction of sp³-hybridized carbons (Fsp3) is 0.357. The maximum Gasteiger partial charge on any atom is 0.329 e. The van der Waals surface area contributed by atoms with Gasteiger partial charge in [-0.2, -0.15) is 11.8 Å². The van der Waals surface area contributed by atoms with E-state index in [-0.39, 0.29) is 0 Å². The average Bonchev–Trinajstić information content (AvgIpc) is 2.48. The summed E-state index contributed by atoms with van der Waals surface area (Å²) in [7, 11) is 0. The van der Waals surface area contributed by atoms with Gasteiger partial charge in [0.2, 0.25) is 0 Å². The van der Waals surface area contributed by atoms with Gasteiger partial charge in [0.05, 0.1) is 0 Å². The first-order valence-corrected chi connectivity index (χ1v) is 7.89. The highest BCUT2D eigenvalue weighted by atomic mass is 32.2. The van der Waals surface area contributed by atoms with E-state index in [4.69, 9.17) is 5.73 Å². The number of amides is 3. The second-order valence-electron chi connectivity index (χ2n) is 5.02. The van der Waals surface area contributed by atoms with Crippen LogP contribution in [0.15, 0.2) is 24.3 Å². The highest BCUT2D eigenvalue weighted by Crippen LogP contribution is 2.27. The Bertz CT molecular complexity index is 582. The molecule has 1 aliphatic heterocycles. The van der Waals surface area contributed by atoms with E-state index in [0.29, 0.717) is 35.6 Å². The van der Waals surface area contributed by atoms with E-state index < -0.39 is 23.4 Å². The van der Waals surface area contributed by atoms with Crippen LogP contribution in [0, 0.1) is 0 Å². The van der Waals surface area contributed by atoms with Gasteiger partial charge in [-0.25, -0.2) is 9.59 Å². The van der Waals surface area contributed by atoms with Crippen molar-refractivity contribution in [1.29, 1.82) is 0 Å². The number of thioether (sulfide) groups is 1. The fourth-order valence-electron chi connectivity index (χ4n) is 2.25. The standard InChI is InChI=1S/C14H17N3O4S/c15-13(21)16-10-3-1-9(2-4-10)11(18)17-14(12(19)20)5-7-22-8-6-14/h1-4H,5-8H2,(H,17,18)(H,19,20)(H3,15,16,21). The molecular formula is C14H17N3O4S. The molecule has 0 aromatic heterocycles. The van der Waals surface area contributed by atoms with Gasteiger partial charge in [-0.15, -0.1) is 0 Å². The molecule has 7 nitrogen and oxygen atoms in total. The van der Waals surface area contributed by atoms with E-state index in [0.717, 1.165) is 0 Å². The van der Waals surface area contributed by atoms with Crippen LogP contribution >= 0.6 is 11.8 Å². The summed E-state index contributed by atoms with van der Waals surface area (Å²) in [6.07, 6.45) is 0.806. The number of carbonyl (C=O) groups excluding carboxylic acids is 2. The van der Waals surface area contributed by atoms with Crippen molar-refractivity contribution >= 4 is 35.4 Å². The minimum Gasteiger partial charge on any atom is -0.480 e. The van der Waals surface area contributed by atoms with Gasteiger partial charge in [0.1, 0.15) is 5.54 Å². The quantitative estimate of drug-likeness (QED) is 0.664. The monoisotopic (exact) mass is 323 g/mol. The topological polar surface area (TPSA) is 122 Å². The number of urea groups is 1. The minimum atomic E-state index is -1.20. The Morgan fingerprint density at radius 1 is 1.14 bits per heavy atom. The molecule has 0 radical (unpaired) electrons. The highest BCUT2D eigenvalue weighted by Gasteiger charge is 2.41. The number of anilines is 1. The molecule has 0 bridgehead atoms. The normalized spacial score (nSPS) is 16.5. The molecule has 3 amide bonds. The predicted octanol–water partition coefficient (Wildman–Crippen LogP) is 1.26. The van der Waals surface area contributed by atoms with Gasteiger partial charge in [-0.3, -0.25) is 4.79 Å². The predicted molar refractivity (Wildman–Crippen MR) is 84.0 cm³/mol. The van der Waals surface area contributed by atoms with Gasteiger partial charge in [0.15, 0.2) is 0 Å². The summed E-state index contributed by atoms with van der Waals surface area (Å²) in [6.45, 7) is 0. The zero-order valence-corrected chi connectivity index (χ0v) is 12.6. The van der Waals surface area contributed by atoms with Crippen molar-refractivity contribution in [3.8, 4) is 0 Å². The maximum atomic E-state index is 12.3. The van der Waals surface area contributed by atoms with Crippen LogP contribution in [0.2, 0.25) is 0 Å². The average molecular weight is 323 g/mol. The molecule has 1 aromatic rings. The number of aliphatic carboxylic acids is 1. The first-order chi connectivity index (χ1) is 10.4.